The van der Waals surface area contributed by atoms with E-state index in [4.69, 9.17) is 5.73 Å². The minimum Gasteiger partial charge on any atom is -0.330 e. The van der Waals surface area contributed by atoms with Crippen LogP contribution in [0.5, 0.6) is 0 Å². The Morgan fingerprint density at radius 2 is 1.90 bits per heavy atom. The standard InChI is InChI=1S/C9H19N/c1-5-9(7(2)3)8(4)6-10/h5,7-8H,6,10H2,1-4H3/b9-5-. The maximum Gasteiger partial charge on any atom is -0.00141 e. The van der Waals surface area contributed by atoms with Crippen molar-refractivity contribution in [1.82, 2.24) is 0 Å². The Labute approximate surface area is 64.3 Å². The predicted octanol–water partition coefficient (Wildman–Crippen LogP) is 2.18. The largest absolute Gasteiger partial charge is 0.330 e. The molecule has 1 heteroatoms. The average Bonchev–Trinajstić information content (AvgIpc) is 1.88. The molecule has 0 bridgehead atoms. The Morgan fingerprint density at radius 1 is 1.40 bits per heavy atom. The monoisotopic (exact) mass is 141 g/mol. The van der Waals surface area contributed by atoms with Gasteiger partial charge >= 0.3 is 0 Å². The van der Waals surface area contributed by atoms with E-state index in [1.807, 2.05) is 0 Å². The fourth-order valence-corrected chi connectivity index (χ4v) is 1.32. The fourth-order valence-electron chi connectivity index (χ4n) is 1.32. The molecule has 0 saturated carbocycles. The van der Waals surface area contributed by atoms with Crippen LogP contribution in [0.15, 0.2) is 11.6 Å². The third-order valence-electron chi connectivity index (χ3n) is 1.92. The van der Waals surface area contributed by atoms with Gasteiger partial charge in [-0.1, -0.05) is 32.4 Å². The summed E-state index contributed by atoms with van der Waals surface area (Å²) in [6, 6.07) is 0. The summed E-state index contributed by atoms with van der Waals surface area (Å²) in [6.45, 7) is 9.44. The second-order valence-electron chi connectivity index (χ2n) is 3.08. The Bertz CT molecular complexity index is 114. The molecule has 10 heavy (non-hydrogen) atoms. The molecule has 0 saturated heterocycles. The summed E-state index contributed by atoms with van der Waals surface area (Å²) >= 11 is 0. The van der Waals surface area contributed by atoms with Crippen molar-refractivity contribution in [3.8, 4) is 0 Å². The van der Waals surface area contributed by atoms with Crippen molar-refractivity contribution < 1.29 is 0 Å². The number of allylic oxidation sites excluding steroid dienone is 1. The molecule has 0 aliphatic heterocycles. The van der Waals surface area contributed by atoms with E-state index in [0.29, 0.717) is 11.8 Å². The summed E-state index contributed by atoms with van der Waals surface area (Å²) in [7, 11) is 0. The molecule has 0 rings (SSSR count). The molecular formula is C9H19N. The van der Waals surface area contributed by atoms with E-state index in [1.54, 1.807) is 0 Å². The van der Waals surface area contributed by atoms with E-state index in [2.05, 4.69) is 33.8 Å². The quantitative estimate of drug-likeness (QED) is 0.599. The summed E-state index contributed by atoms with van der Waals surface area (Å²) in [5.41, 5.74) is 7.02. The van der Waals surface area contributed by atoms with Crippen LogP contribution in [0.25, 0.3) is 0 Å². The van der Waals surface area contributed by atoms with Gasteiger partial charge in [0.2, 0.25) is 0 Å². The van der Waals surface area contributed by atoms with Crippen LogP contribution in [0, 0.1) is 11.8 Å². The molecule has 0 heterocycles. The Morgan fingerprint density at radius 3 is 2.00 bits per heavy atom. The summed E-state index contributed by atoms with van der Waals surface area (Å²) in [5.74, 6) is 1.19. The van der Waals surface area contributed by atoms with Crippen molar-refractivity contribution in [2.24, 2.45) is 17.6 Å². The van der Waals surface area contributed by atoms with Crippen molar-refractivity contribution in [3.05, 3.63) is 11.6 Å². The first-order valence-electron chi connectivity index (χ1n) is 3.99. The van der Waals surface area contributed by atoms with Gasteiger partial charge in [0.15, 0.2) is 0 Å². The van der Waals surface area contributed by atoms with Crippen molar-refractivity contribution in [1.29, 1.82) is 0 Å². The van der Waals surface area contributed by atoms with Crippen molar-refractivity contribution in [2.45, 2.75) is 27.7 Å². The lowest BCUT2D eigenvalue weighted by Gasteiger charge is -2.16. The van der Waals surface area contributed by atoms with Gasteiger partial charge in [-0.3, -0.25) is 0 Å². The molecule has 1 atom stereocenters. The summed E-state index contributed by atoms with van der Waals surface area (Å²) in [5, 5.41) is 0. The Hall–Kier alpha value is -0.300. The van der Waals surface area contributed by atoms with E-state index in [-0.39, 0.29) is 0 Å². The lowest BCUT2D eigenvalue weighted by Crippen LogP contribution is -2.15. The second-order valence-corrected chi connectivity index (χ2v) is 3.08. The molecule has 0 amide bonds. The molecule has 0 radical (unpaired) electrons. The number of rotatable bonds is 3. The number of nitrogens with two attached hydrogens (primary N) is 1. The molecule has 0 aromatic rings. The highest BCUT2D eigenvalue weighted by Crippen LogP contribution is 2.17. The molecule has 0 aromatic carbocycles. The Balaban J connectivity index is 4.08. The number of hydrogen-bond acceptors (Lipinski definition) is 1. The molecule has 2 N–H and O–H groups in total. The molecule has 1 unspecified atom stereocenters. The lowest BCUT2D eigenvalue weighted by molar-refractivity contribution is 0.590. The molecule has 0 fully saturated rings. The fraction of sp³-hybridized carbons (Fsp3) is 0.778. The zero-order chi connectivity index (χ0) is 8.15. The van der Waals surface area contributed by atoms with Gasteiger partial charge in [0.25, 0.3) is 0 Å². The van der Waals surface area contributed by atoms with Crippen LogP contribution in [0.2, 0.25) is 0 Å². The van der Waals surface area contributed by atoms with E-state index >= 15 is 0 Å². The summed E-state index contributed by atoms with van der Waals surface area (Å²) in [4.78, 5) is 0. The van der Waals surface area contributed by atoms with E-state index < -0.39 is 0 Å². The highest BCUT2D eigenvalue weighted by molar-refractivity contribution is 5.07. The van der Waals surface area contributed by atoms with Crippen LogP contribution in [-0.2, 0) is 0 Å². The van der Waals surface area contributed by atoms with E-state index in [0.717, 1.165) is 6.54 Å². The molecule has 0 aliphatic carbocycles. The van der Waals surface area contributed by atoms with Gasteiger partial charge in [-0.2, -0.15) is 0 Å². The van der Waals surface area contributed by atoms with Crippen molar-refractivity contribution in [3.63, 3.8) is 0 Å². The topological polar surface area (TPSA) is 26.0 Å². The first kappa shape index (κ1) is 9.70. The highest BCUT2D eigenvalue weighted by Gasteiger charge is 2.08. The maximum absolute atomic E-state index is 5.55. The van der Waals surface area contributed by atoms with Gasteiger partial charge in [-0.15, -0.1) is 0 Å². The van der Waals surface area contributed by atoms with Crippen LogP contribution >= 0.6 is 0 Å². The lowest BCUT2D eigenvalue weighted by atomic mass is 9.91. The van der Waals surface area contributed by atoms with Crippen molar-refractivity contribution >= 4 is 0 Å². The molecule has 0 spiro atoms. The van der Waals surface area contributed by atoms with E-state index in [1.165, 1.54) is 5.57 Å². The molecule has 60 valence electrons. The third-order valence-corrected chi connectivity index (χ3v) is 1.92. The summed E-state index contributed by atoms with van der Waals surface area (Å²) < 4.78 is 0. The van der Waals surface area contributed by atoms with Crippen LogP contribution < -0.4 is 5.73 Å². The van der Waals surface area contributed by atoms with Gasteiger partial charge in [0.05, 0.1) is 0 Å². The normalized spacial score (nSPS) is 16.0. The van der Waals surface area contributed by atoms with Gasteiger partial charge in [-0.25, -0.2) is 0 Å². The first-order chi connectivity index (χ1) is 4.63. The Kier molecular flexibility index (Phi) is 4.37. The zero-order valence-corrected chi connectivity index (χ0v) is 7.52. The third kappa shape index (κ3) is 2.53. The van der Waals surface area contributed by atoms with Crippen LogP contribution in [0.4, 0.5) is 0 Å². The minimum absolute atomic E-state index is 0.546. The number of hydrogen-bond donors (Lipinski definition) is 1. The van der Waals surface area contributed by atoms with Crippen LogP contribution in [-0.4, -0.2) is 6.54 Å². The molecule has 0 aliphatic rings. The predicted molar refractivity (Wildman–Crippen MR) is 46.8 cm³/mol. The molecule has 0 aromatic heterocycles. The van der Waals surface area contributed by atoms with Crippen LogP contribution in [0.1, 0.15) is 27.7 Å². The second kappa shape index (κ2) is 4.51. The summed E-state index contributed by atoms with van der Waals surface area (Å²) in [6.07, 6.45) is 2.18. The van der Waals surface area contributed by atoms with Gasteiger partial charge in [-0.05, 0) is 25.3 Å². The van der Waals surface area contributed by atoms with Crippen molar-refractivity contribution in [2.75, 3.05) is 6.54 Å². The smallest absolute Gasteiger partial charge is 0.00141 e. The van der Waals surface area contributed by atoms with Gasteiger partial charge in [0, 0.05) is 0 Å². The zero-order valence-electron chi connectivity index (χ0n) is 7.52. The first-order valence-corrected chi connectivity index (χ1v) is 3.99. The maximum atomic E-state index is 5.55. The van der Waals surface area contributed by atoms with Gasteiger partial charge in [0.1, 0.15) is 0 Å². The molecular weight excluding hydrogens is 122 g/mol. The van der Waals surface area contributed by atoms with Crippen LogP contribution in [0.3, 0.4) is 0 Å². The van der Waals surface area contributed by atoms with Gasteiger partial charge < -0.3 is 5.73 Å². The average molecular weight is 141 g/mol. The van der Waals surface area contributed by atoms with E-state index in [9.17, 15) is 0 Å². The highest BCUT2D eigenvalue weighted by atomic mass is 14.5. The minimum atomic E-state index is 0.546. The SMILES string of the molecule is C/C=C(/C(C)C)C(C)CN. The molecule has 1 nitrogen and oxygen atoms in total.